The summed E-state index contributed by atoms with van der Waals surface area (Å²) in [5.41, 5.74) is 5.71. The van der Waals surface area contributed by atoms with Gasteiger partial charge in [0.15, 0.2) is 0 Å². The van der Waals surface area contributed by atoms with Crippen LogP contribution >= 0.6 is 11.3 Å². The number of benzene rings is 1. The molecule has 1 saturated heterocycles. The van der Waals surface area contributed by atoms with Gasteiger partial charge < -0.3 is 14.0 Å². The molecule has 158 valence electrons. The second-order valence-electron chi connectivity index (χ2n) is 8.01. The molecule has 5 heterocycles. The number of pyridine rings is 1. The minimum absolute atomic E-state index is 0.217. The maximum absolute atomic E-state index is 5.84. The molecule has 0 saturated carbocycles. The average Bonchev–Trinajstić information content (AvgIpc) is 3.46. The van der Waals surface area contributed by atoms with Crippen molar-refractivity contribution in [2.75, 3.05) is 13.7 Å². The predicted octanol–water partition coefficient (Wildman–Crippen LogP) is 4.03. The van der Waals surface area contributed by atoms with E-state index in [0.717, 1.165) is 63.6 Å². The van der Waals surface area contributed by atoms with Gasteiger partial charge >= 0.3 is 0 Å². The van der Waals surface area contributed by atoms with Crippen LogP contribution in [0.2, 0.25) is 0 Å². The van der Waals surface area contributed by atoms with E-state index in [1.807, 2.05) is 29.0 Å². The van der Waals surface area contributed by atoms with Gasteiger partial charge in [-0.3, -0.25) is 4.98 Å². The van der Waals surface area contributed by atoms with Gasteiger partial charge in [-0.1, -0.05) is 11.3 Å². The molecule has 2 atom stereocenters. The third-order valence-corrected chi connectivity index (χ3v) is 6.68. The summed E-state index contributed by atoms with van der Waals surface area (Å²) in [4.78, 5) is 15.3. The zero-order chi connectivity index (χ0) is 20.9. The smallest absolute Gasteiger partial charge is 0.212 e. The van der Waals surface area contributed by atoms with Crippen LogP contribution < -0.4 is 4.74 Å². The van der Waals surface area contributed by atoms with Gasteiger partial charge in [-0.2, -0.15) is 5.10 Å². The van der Waals surface area contributed by atoms with Crippen molar-refractivity contribution in [2.24, 2.45) is 0 Å². The lowest BCUT2D eigenvalue weighted by atomic mass is 10.0. The summed E-state index contributed by atoms with van der Waals surface area (Å²) in [5.74, 6) is 1.81. The predicted molar refractivity (Wildman–Crippen MR) is 119 cm³/mol. The number of aromatic nitrogens is 6. The average molecular weight is 435 g/mol. The molecule has 0 amide bonds. The Balaban J connectivity index is 1.56. The summed E-state index contributed by atoms with van der Waals surface area (Å²) in [7, 11) is 1.69. The molecular formula is C22H22N6O2S. The molecule has 31 heavy (non-hydrogen) atoms. The number of fused-ring (bicyclic) bond motifs is 4. The van der Waals surface area contributed by atoms with E-state index in [4.69, 9.17) is 19.4 Å². The van der Waals surface area contributed by atoms with Crippen molar-refractivity contribution in [3.8, 4) is 5.75 Å². The molecule has 1 aromatic carbocycles. The molecule has 0 spiro atoms. The van der Waals surface area contributed by atoms with Crippen LogP contribution in [0.5, 0.6) is 5.75 Å². The van der Waals surface area contributed by atoms with Gasteiger partial charge in [0.2, 0.25) is 4.96 Å². The van der Waals surface area contributed by atoms with Crippen molar-refractivity contribution in [1.82, 2.24) is 29.1 Å². The van der Waals surface area contributed by atoms with Crippen LogP contribution in [-0.4, -0.2) is 49.0 Å². The van der Waals surface area contributed by atoms with E-state index >= 15 is 0 Å². The van der Waals surface area contributed by atoms with Crippen LogP contribution in [0.15, 0.2) is 36.1 Å². The number of rotatable bonds is 4. The van der Waals surface area contributed by atoms with E-state index in [0.29, 0.717) is 12.5 Å². The van der Waals surface area contributed by atoms with Gasteiger partial charge in [0.05, 0.1) is 42.3 Å². The fourth-order valence-corrected chi connectivity index (χ4v) is 5.21. The molecule has 0 unspecified atom stereocenters. The number of nitrogens with zero attached hydrogens (tertiary/aromatic N) is 6. The molecule has 4 aromatic heterocycles. The Morgan fingerprint density at radius 3 is 3.03 bits per heavy atom. The molecule has 1 fully saturated rings. The third-order valence-electron chi connectivity index (χ3n) is 5.99. The van der Waals surface area contributed by atoms with Gasteiger partial charge in [0.1, 0.15) is 22.6 Å². The van der Waals surface area contributed by atoms with E-state index < -0.39 is 0 Å². The van der Waals surface area contributed by atoms with Gasteiger partial charge in [-0.15, -0.1) is 0 Å². The highest BCUT2D eigenvalue weighted by molar-refractivity contribution is 7.14. The summed E-state index contributed by atoms with van der Waals surface area (Å²) in [6.45, 7) is 2.89. The second-order valence-corrected chi connectivity index (χ2v) is 8.82. The van der Waals surface area contributed by atoms with Crippen molar-refractivity contribution < 1.29 is 9.47 Å². The summed E-state index contributed by atoms with van der Waals surface area (Å²) < 4.78 is 15.6. The zero-order valence-corrected chi connectivity index (χ0v) is 18.2. The molecule has 1 aliphatic heterocycles. The lowest BCUT2D eigenvalue weighted by Gasteiger charge is -2.30. The molecule has 1 aliphatic rings. The Labute approximate surface area is 182 Å². The molecule has 0 aliphatic carbocycles. The number of imidazole rings is 2. The van der Waals surface area contributed by atoms with Crippen LogP contribution in [-0.2, 0) is 11.2 Å². The highest BCUT2D eigenvalue weighted by atomic mass is 32.1. The van der Waals surface area contributed by atoms with Gasteiger partial charge in [0, 0.05) is 24.5 Å². The lowest BCUT2D eigenvalue weighted by Crippen LogP contribution is -2.26. The van der Waals surface area contributed by atoms with Gasteiger partial charge in [-0.05, 0) is 38.0 Å². The first-order valence-corrected chi connectivity index (χ1v) is 11.3. The van der Waals surface area contributed by atoms with Gasteiger partial charge in [0.25, 0.3) is 0 Å². The van der Waals surface area contributed by atoms with E-state index in [1.165, 1.54) is 11.3 Å². The Kier molecular flexibility index (Phi) is 4.39. The van der Waals surface area contributed by atoms with Crippen LogP contribution in [0, 0.1) is 0 Å². The van der Waals surface area contributed by atoms with Crippen LogP contribution in [0.4, 0.5) is 0 Å². The molecular weight excluding hydrogens is 412 g/mol. The number of hydrogen-bond donors (Lipinski definition) is 0. The quantitative estimate of drug-likeness (QED) is 0.425. The largest absolute Gasteiger partial charge is 0.497 e. The van der Waals surface area contributed by atoms with Gasteiger partial charge in [-0.25, -0.2) is 14.5 Å². The Hall–Kier alpha value is -3.04. The Bertz CT molecular complexity index is 1380. The normalized spacial score (nSPS) is 19.5. The van der Waals surface area contributed by atoms with Crippen molar-refractivity contribution in [1.29, 1.82) is 0 Å². The fourth-order valence-electron chi connectivity index (χ4n) is 4.59. The summed E-state index contributed by atoms with van der Waals surface area (Å²) in [5, 5.41) is 5.37. The fraction of sp³-hybridized carbons (Fsp3) is 0.364. The summed E-state index contributed by atoms with van der Waals surface area (Å²) in [6, 6.07) is 6.32. The third kappa shape index (κ3) is 3.16. The summed E-state index contributed by atoms with van der Waals surface area (Å²) >= 11 is 1.54. The number of methoxy groups -OCH3 is 1. The SMILES string of the molecule is COc1ccc2ncc3nc(Cc4cn5ncsc5n4)n([C@H]4CCO[C@@H](C)C4)c3c2c1. The topological polar surface area (TPSA) is 79.4 Å². The van der Waals surface area contributed by atoms with Crippen LogP contribution in [0.25, 0.3) is 26.9 Å². The molecule has 0 bridgehead atoms. The Morgan fingerprint density at radius 2 is 2.19 bits per heavy atom. The molecule has 9 heteroatoms. The summed E-state index contributed by atoms with van der Waals surface area (Å²) in [6.07, 6.45) is 6.63. The van der Waals surface area contributed by atoms with Crippen molar-refractivity contribution >= 4 is 38.2 Å². The minimum atomic E-state index is 0.217. The molecule has 0 radical (unpaired) electrons. The van der Waals surface area contributed by atoms with Crippen molar-refractivity contribution in [3.63, 3.8) is 0 Å². The highest BCUT2D eigenvalue weighted by Gasteiger charge is 2.27. The first kappa shape index (κ1) is 18.7. The molecule has 6 rings (SSSR count). The Morgan fingerprint density at radius 1 is 1.26 bits per heavy atom. The van der Waals surface area contributed by atoms with Crippen LogP contribution in [0.1, 0.15) is 37.3 Å². The number of ether oxygens (including phenoxy) is 2. The van der Waals surface area contributed by atoms with E-state index in [2.05, 4.69) is 27.6 Å². The minimum Gasteiger partial charge on any atom is -0.497 e. The first-order valence-electron chi connectivity index (χ1n) is 10.4. The standard InChI is InChI=1S/C22H22N6O2S/c1-13-7-15(5-6-30-13)28-20(8-14-11-27-22(25-14)31-12-24-27)26-19-10-23-18-4-3-16(29-2)9-17(18)21(19)28/h3-4,9-13,15H,5-8H2,1-2H3/t13-,15-/m0/s1. The highest BCUT2D eigenvalue weighted by Crippen LogP contribution is 2.35. The molecule has 8 nitrogen and oxygen atoms in total. The van der Waals surface area contributed by atoms with E-state index in [9.17, 15) is 0 Å². The van der Waals surface area contributed by atoms with E-state index in [1.54, 1.807) is 12.6 Å². The maximum Gasteiger partial charge on any atom is 0.212 e. The van der Waals surface area contributed by atoms with E-state index in [-0.39, 0.29) is 6.10 Å². The van der Waals surface area contributed by atoms with Crippen LogP contribution in [0.3, 0.4) is 0 Å². The van der Waals surface area contributed by atoms with Crippen molar-refractivity contribution in [2.45, 2.75) is 38.3 Å². The molecule has 0 N–H and O–H groups in total. The zero-order valence-electron chi connectivity index (χ0n) is 17.4. The monoisotopic (exact) mass is 434 g/mol. The van der Waals surface area contributed by atoms with Crippen molar-refractivity contribution in [3.05, 3.63) is 47.6 Å². The molecule has 5 aromatic rings. The maximum atomic E-state index is 5.84. The first-order chi connectivity index (χ1) is 15.2. The lowest BCUT2D eigenvalue weighted by molar-refractivity contribution is 0.00631. The second kappa shape index (κ2) is 7.28. The number of hydrogen-bond acceptors (Lipinski definition) is 7.